The summed E-state index contributed by atoms with van der Waals surface area (Å²) in [5.74, 6) is -0.223. The summed E-state index contributed by atoms with van der Waals surface area (Å²) < 4.78 is 0. The number of hydrogen-bond acceptors (Lipinski definition) is 3. The number of benzene rings is 1. The lowest BCUT2D eigenvalue weighted by atomic mass is 10.1. The van der Waals surface area contributed by atoms with Crippen LogP contribution in [0, 0.1) is 13.8 Å². The smallest absolute Gasteiger partial charge is 0.251 e. The molecule has 0 aliphatic carbocycles. The van der Waals surface area contributed by atoms with Gasteiger partial charge < -0.3 is 15.5 Å². The maximum absolute atomic E-state index is 12.1. The molecule has 0 unspecified atom stereocenters. The summed E-state index contributed by atoms with van der Waals surface area (Å²) in [7, 11) is 0. The maximum atomic E-state index is 12.1. The lowest BCUT2D eigenvalue weighted by molar-refractivity contribution is -0.131. The average Bonchev–Trinajstić information content (AvgIpc) is 2.43. The van der Waals surface area contributed by atoms with Gasteiger partial charge in [-0.25, -0.2) is 0 Å². The molecule has 5 heteroatoms. The monoisotopic (exact) mass is 289 g/mol. The van der Waals surface area contributed by atoms with E-state index >= 15 is 0 Å². The molecule has 5 nitrogen and oxygen atoms in total. The van der Waals surface area contributed by atoms with Crippen LogP contribution in [0.15, 0.2) is 18.2 Å². The minimum Gasteiger partial charge on any atom is -0.343 e. The Bertz CT molecular complexity index is 522. The Hall–Kier alpha value is -1.88. The first-order chi connectivity index (χ1) is 9.95. The van der Waals surface area contributed by atoms with E-state index in [4.69, 9.17) is 0 Å². The summed E-state index contributed by atoms with van der Waals surface area (Å²) in [5, 5.41) is 6.00. The van der Waals surface area contributed by atoms with E-state index in [2.05, 4.69) is 10.6 Å². The molecule has 1 aromatic rings. The zero-order valence-electron chi connectivity index (χ0n) is 12.9. The molecule has 0 bridgehead atoms. The molecule has 0 saturated carbocycles. The Morgan fingerprint density at radius 1 is 1.29 bits per heavy atom. The van der Waals surface area contributed by atoms with Gasteiger partial charge in [-0.15, -0.1) is 0 Å². The average molecular weight is 289 g/mol. The second kappa shape index (κ2) is 6.72. The van der Waals surface area contributed by atoms with E-state index in [1.165, 1.54) is 0 Å². The SMILES string of the molecule is Cc1cc(C)cc(C(=O)NCC(=O)N2CCN[C@H](C)C2)c1. The number of hydrogen-bond donors (Lipinski definition) is 2. The van der Waals surface area contributed by atoms with Crippen LogP contribution >= 0.6 is 0 Å². The van der Waals surface area contributed by atoms with Gasteiger partial charge in [0.1, 0.15) is 0 Å². The minimum atomic E-state index is -0.196. The van der Waals surface area contributed by atoms with Crippen LogP contribution in [0.3, 0.4) is 0 Å². The molecule has 1 saturated heterocycles. The fraction of sp³-hybridized carbons (Fsp3) is 0.500. The van der Waals surface area contributed by atoms with Crippen LogP contribution in [0.4, 0.5) is 0 Å². The Labute approximate surface area is 125 Å². The van der Waals surface area contributed by atoms with Crippen molar-refractivity contribution >= 4 is 11.8 Å². The highest BCUT2D eigenvalue weighted by Gasteiger charge is 2.20. The largest absolute Gasteiger partial charge is 0.343 e. The van der Waals surface area contributed by atoms with Gasteiger partial charge >= 0.3 is 0 Å². The number of nitrogens with zero attached hydrogens (tertiary/aromatic N) is 1. The summed E-state index contributed by atoms with van der Waals surface area (Å²) in [6, 6.07) is 5.99. The van der Waals surface area contributed by atoms with Crippen molar-refractivity contribution in [2.45, 2.75) is 26.8 Å². The van der Waals surface area contributed by atoms with E-state index in [1.807, 2.05) is 39.0 Å². The molecule has 1 aromatic carbocycles. The number of carbonyl (C=O) groups is 2. The number of rotatable bonds is 3. The van der Waals surface area contributed by atoms with Gasteiger partial charge in [-0.05, 0) is 32.9 Å². The second-order valence-electron chi connectivity index (χ2n) is 5.75. The molecule has 2 rings (SSSR count). The fourth-order valence-corrected chi connectivity index (χ4v) is 2.63. The molecule has 1 heterocycles. The number of amides is 2. The number of aryl methyl sites for hydroxylation is 2. The van der Waals surface area contributed by atoms with Crippen LogP contribution in [-0.2, 0) is 4.79 Å². The summed E-state index contributed by atoms with van der Waals surface area (Å²) in [6.45, 7) is 8.21. The Balaban J connectivity index is 1.90. The molecular formula is C16H23N3O2. The first kappa shape index (κ1) is 15.5. The third kappa shape index (κ3) is 4.29. The van der Waals surface area contributed by atoms with Crippen molar-refractivity contribution in [2.24, 2.45) is 0 Å². The Kier molecular flexibility index (Phi) is 4.96. The molecule has 21 heavy (non-hydrogen) atoms. The van der Waals surface area contributed by atoms with Gasteiger partial charge in [0.25, 0.3) is 5.91 Å². The maximum Gasteiger partial charge on any atom is 0.251 e. The van der Waals surface area contributed by atoms with Gasteiger partial charge in [0.2, 0.25) is 5.91 Å². The van der Waals surface area contributed by atoms with Crippen molar-refractivity contribution in [3.63, 3.8) is 0 Å². The van der Waals surface area contributed by atoms with Gasteiger partial charge in [-0.2, -0.15) is 0 Å². The molecule has 1 atom stereocenters. The summed E-state index contributed by atoms with van der Waals surface area (Å²) in [4.78, 5) is 26.0. The third-order valence-electron chi connectivity index (χ3n) is 3.61. The normalized spacial score (nSPS) is 18.4. The van der Waals surface area contributed by atoms with Crippen LogP contribution in [0.1, 0.15) is 28.4 Å². The summed E-state index contributed by atoms with van der Waals surface area (Å²) in [6.07, 6.45) is 0. The van der Waals surface area contributed by atoms with Crippen LogP contribution in [0.25, 0.3) is 0 Å². The van der Waals surface area contributed by atoms with Gasteiger partial charge in [-0.1, -0.05) is 17.2 Å². The Morgan fingerprint density at radius 3 is 2.57 bits per heavy atom. The zero-order valence-corrected chi connectivity index (χ0v) is 12.9. The van der Waals surface area contributed by atoms with E-state index in [1.54, 1.807) is 4.90 Å². The molecule has 2 amide bonds. The van der Waals surface area contributed by atoms with Crippen molar-refractivity contribution in [3.05, 3.63) is 34.9 Å². The molecule has 2 N–H and O–H groups in total. The van der Waals surface area contributed by atoms with E-state index < -0.39 is 0 Å². The molecule has 0 aromatic heterocycles. The van der Waals surface area contributed by atoms with Gasteiger partial charge in [-0.3, -0.25) is 9.59 Å². The predicted molar refractivity (Wildman–Crippen MR) is 82.3 cm³/mol. The van der Waals surface area contributed by atoms with E-state index in [-0.39, 0.29) is 18.4 Å². The van der Waals surface area contributed by atoms with E-state index in [0.717, 1.165) is 17.7 Å². The standard InChI is InChI=1S/C16H23N3O2/c1-11-6-12(2)8-14(7-11)16(21)18-9-15(20)19-5-4-17-13(3)10-19/h6-8,13,17H,4-5,9-10H2,1-3H3,(H,18,21)/t13-/m1/s1. The second-order valence-corrected chi connectivity index (χ2v) is 5.75. The van der Waals surface area contributed by atoms with Crippen LogP contribution in [0.2, 0.25) is 0 Å². The van der Waals surface area contributed by atoms with E-state index in [0.29, 0.717) is 24.7 Å². The highest BCUT2D eigenvalue weighted by Crippen LogP contribution is 2.08. The van der Waals surface area contributed by atoms with Gasteiger partial charge in [0.05, 0.1) is 6.54 Å². The highest BCUT2D eigenvalue weighted by atomic mass is 16.2. The van der Waals surface area contributed by atoms with Crippen molar-refractivity contribution in [3.8, 4) is 0 Å². The number of piperazine rings is 1. The van der Waals surface area contributed by atoms with Crippen molar-refractivity contribution in [1.82, 2.24) is 15.5 Å². The summed E-state index contributed by atoms with van der Waals surface area (Å²) in [5.41, 5.74) is 2.69. The molecule has 1 aliphatic rings. The number of carbonyl (C=O) groups excluding carboxylic acids is 2. The lowest BCUT2D eigenvalue weighted by Crippen LogP contribution is -2.53. The molecular weight excluding hydrogens is 266 g/mol. The van der Waals surface area contributed by atoms with Gasteiger partial charge in [0, 0.05) is 31.2 Å². The molecule has 0 radical (unpaired) electrons. The first-order valence-electron chi connectivity index (χ1n) is 7.33. The highest BCUT2D eigenvalue weighted by molar-refractivity contribution is 5.96. The molecule has 114 valence electrons. The van der Waals surface area contributed by atoms with Gasteiger partial charge in [0.15, 0.2) is 0 Å². The summed E-state index contributed by atoms with van der Waals surface area (Å²) >= 11 is 0. The number of nitrogens with one attached hydrogen (secondary N) is 2. The quantitative estimate of drug-likeness (QED) is 0.867. The van der Waals surface area contributed by atoms with Crippen molar-refractivity contribution in [2.75, 3.05) is 26.2 Å². The first-order valence-corrected chi connectivity index (χ1v) is 7.33. The third-order valence-corrected chi connectivity index (χ3v) is 3.61. The van der Waals surface area contributed by atoms with E-state index in [9.17, 15) is 9.59 Å². The van der Waals surface area contributed by atoms with Crippen molar-refractivity contribution < 1.29 is 9.59 Å². The van der Waals surface area contributed by atoms with Crippen LogP contribution in [0.5, 0.6) is 0 Å². The van der Waals surface area contributed by atoms with Crippen LogP contribution in [-0.4, -0.2) is 48.9 Å². The minimum absolute atomic E-state index is 0.0268. The fourth-order valence-electron chi connectivity index (χ4n) is 2.63. The zero-order chi connectivity index (χ0) is 15.4. The molecule has 0 spiro atoms. The Morgan fingerprint density at radius 2 is 1.95 bits per heavy atom. The van der Waals surface area contributed by atoms with Crippen molar-refractivity contribution in [1.29, 1.82) is 0 Å². The van der Waals surface area contributed by atoms with Crippen LogP contribution < -0.4 is 10.6 Å². The molecule has 1 aliphatic heterocycles. The topological polar surface area (TPSA) is 61.4 Å². The molecule has 1 fully saturated rings. The predicted octanol–water partition coefficient (Wildman–Crippen LogP) is 0.854. The lowest BCUT2D eigenvalue weighted by Gasteiger charge is -2.31.